The van der Waals surface area contributed by atoms with E-state index in [0.29, 0.717) is 12.3 Å². The lowest BCUT2D eigenvalue weighted by Crippen LogP contribution is -2.30. The van der Waals surface area contributed by atoms with Crippen LogP contribution in [0.1, 0.15) is 11.1 Å². The van der Waals surface area contributed by atoms with E-state index in [1.807, 2.05) is 12.1 Å². The lowest BCUT2D eigenvalue weighted by molar-refractivity contribution is -0.123. The molecule has 0 saturated carbocycles. The van der Waals surface area contributed by atoms with Gasteiger partial charge in [0.25, 0.3) is 5.91 Å². The van der Waals surface area contributed by atoms with Crippen LogP contribution in [0.3, 0.4) is 0 Å². The van der Waals surface area contributed by atoms with Gasteiger partial charge in [-0.2, -0.15) is 0 Å². The molecule has 2 aromatic carbocycles. The molecule has 22 heavy (non-hydrogen) atoms. The Bertz CT molecular complexity index is 608. The van der Waals surface area contributed by atoms with Gasteiger partial charge in [-0.3, -0.25) is 4.79 Å². The monoisotopic (exact) mass is 299 g/mol. The van der Waals surface area contributed by atoms with Crippen LogP contribution in [-0.2, 0) is 11.2 Å². The summed E-state index contributed by atoms with van der Waals surface area (Å²) in [5.74, 6) is 1.29. The molecule has 0 radical (unpaired) electrons. The molecule has 2 rings (SSSR count). The summed E-state index contributed by atoms with van der Waals surface area (Å²) in [5, 5.41) is 2.86. The molecule has 0 fully saturated rings. The van der Waals surface area contributed by atoms with E-state index >= 15 is 0 Å². The van der Waals surface area contributed by atoms with Crippen molar-refractivity contribution in [1.29, 1.82) is 0 Å². The molecular formula is C18H21NO3. The third kappa shape index (κ3) is 4.81. The largest absolute Gasteiger partial charge is 0.497 e. The minimum Gasteiger partial charge on any atom is -0.497 e. The van der Waals surface area contributed by atoms with Gasteiger partial charge in [-0.05, 0) is 48.7 Å². The van der Waals surface area contributed by atoms with Crippen molar-refractivity contribution in [3.8, 4) is 11.5 Å². The average molecular weight is 299 g/mol. The quantitative estimate of drug-likeness (QED) is 0.855. The predicted molar refractivity (Wildman–Crippen MR) is 86.4 cm³/mol. The Balaban J connectivity index is 1.70. The van der Waals surface area contributed by atoms with Gasteiger partial charge >= 0.3 is 0 Å². The van der Waals surface area contributed by atoms with E-state index in [4.69, 9.17) is 9.47 Å². The first-order valence-corrected chi connectivity index (χ1v) is 7.27. The Labute approximate surface area is 131 Å². The molecule has 0 spiro atoms. The summed E-state index contributed by atoms with van der Waals surface area (Å²) in [4.78, 5) is 11.8. The van der Waals surface area contributed by atoms with Crippen LogP contribution in [0.4, 0.5) is 0 Å². The molecule has 0 aliphatic carbocycles. The summed E-state index contributed by atoms with van der Waals surface area (Å²) < 4.78 is 10.5. The number of hydrogen-bond donors (Lipinski definition) is 1. The third-order valence-corrected chi connectivity index (χ3v) is 3.41. The minimum atomic E-state index is -0.121. The highest BCUT2D eigenvalue weighted by Crippen LogP contribution is 2.16. The fourth-order valence-corrected chi connectivity index (χ4v) is 2.10. The summed E-state index contributed by atoms with van der Waals surface area (Å²) in [5.41, 5.74) is 2.49. The second-order valence-corrected chi connectivity index (χ2v) is 4.99. The van der Waals surface area contributed by atoms with Gasteiger partial charge in [-0.25, -0.2) is 0 Å². The number of aryl methyl sites for hydroxylation is 1. The predicted octanol–water partition coefficient (Wildman–Crippen LogP) is 2.74. The molecule has 1 N–H and O–H groups in total. The number of carbonyl (C=O) groups is 1. The maximum Gasteiger partial charge on any atom is 0.257 e. The molecule has 4 heteroatoms. The molecule has 0 saturated heterocycles. The van der Waals surface area contributed by atoms with Gasteiger partial charge in [0.05, 0.1) is 7.11 Å². The molecule has 2 aromatic rings. The molecule has 0 aromatic heterocycles. The van der Waals surface area contributed by atoms with Crippen LogP contribution >= 0.6 is 0 Å². The zero-order chi connectivity index (χ0) is 15.8. The van der Waals surface area contributed by atoms with Crippen LogP contribution in [0.2, 0.25) is 0 Å². The number of carbonyl (C=O) groups excluding carboxylic acids is 1. The number of rotatable bonds is 7. The van der Waals surface area contributed by atoms with Crippen LogP contribution < -0.4 is 14.8 Å². The van der Waals surface area contributed by atoms with Crippen molar-refractivity contribution in [3.63, 3.8) is 0 Å². The highest BCUT2D eigenvalue weighted by molar-refractivity contribution is 5.77. The van der Waals surface area contributed by atoms with Crippen molar-refractivity contribution in [3.05, 3.63) is 59.7 Å². The van der Waals surface area contributed by atoms with Crippen molar-refractivity contribution in [1.82, 2.24) is 5.32 Å². The van der Waals surface area contributed by atoms with E-state index < -0.39 is 0 Å². The Morgan fingerprint density at radius 1 is 1.05 bits per heavy atom. The third-order valence-electron chi connectivity index (χ3n) is 3.41. The first kappa shape index (κ1) is 15.9. The number of benzene rings is 2. The van der Waals surface area contributed by atoms with E-state index in [-0.39, 0.29) is 12.5 Å². The lowest BCUT2D eigenvalue weighted by atomic mass is 10.1. The number of hydrogen-bond acceptors (Lipinski definition) is 3. The highest BCUT2D eigenvalue weighted by Gasteiger charge is 2.03. The minimum absolute atomic E-state index is 0.0140. The van der Waals surface area contributed by atoms with Crippen molar-refractivity contribution >= 4 is 5.91 Å². The number of ether oxygens (including phenoxy) is 2. The number of methoxy groups -OCH3 is 1. The average Bonchev–Trinajstić information content (AvgIpc) is 2.55. The van der Waals surface area contributed by atoms with E-state index in [1.165, 1.54) is 11.1 Å². The van der Waals surface area contributed by atoms with Gasteiger partial charge in [0.2, 0.25) is 0 Å². The summed E-state index contributed by atoms with van der Waals surface area (Å²) in [6.45, 7) is 2.69. The Morgan fingerprint density at radius 2 is 1.73 bits per heavy atom. The van der Waals surface area contributed by atoms with Crippen molar-refractivity contribution < 1.29 is 14.3 Å². The normalized spacial score (nSPS) is 10.1. The Hall–Kier alpha value is -2.49. The second kappa shape index (κ2) is 8.08. The number of amides is 1. The Kier molecular flexibility index (Phi) is 5.83. The molecule has 1 amide bonds. The van der Waals surface area contributed by atoms with Gasteiger partial charge in [0, 0.05) is 6.54 Å². The van der Waals surface area contributed by atoms with Crippen LogP contribution in [0.15, 0.2) is 48.5 Å². The van der Waals surface area contributed by atoms with Gasteiger partial charge in [0.15, 0.2) is 6.61 Å². The van der Waals surface area contributed by atoms with Gasteiger partial charge in [0.1, 0.15) is 11.5 Å². The molecule has 116 valence electrons. The Morgan fingerprint density at radius 3 is 2.41 bits per heavy atom. The highest BCUT2D eigenvalue weighted by atomic mass is 16.5. The molecule has 0 heterocycles. The maximum atomic E-state index is 11.8. The molecule has 0 aliphatic rings. The SMILES string of the molecule is COc1ccc(OCC(=O)NCCc2ccccc2C)cc1. The second-order valence-electron chi connectivity index (χ2n) is 4.99. The molecule has 0 aliphatic heterocycles. The van der Waals surface area contributed by atoms with E-state index in [2.05, 4.69) is 24.4 Å². The first-order valence-electron chi connectivity index (χ1n) is 7.27. The van der Waals surface area contributed by atoms with Crippen LogP contribution in [0.5, 0.6) is 11.5 Å². The van der Waals surface area contributed by atoms with Gasteiger partial charge < -0.3 is 14.8 Å². The summed E-state index contributed by atoms with van der Waals surface area (Å²) in [6.07, 6.45) is 0.820. The fourth-order valence-electron chi connectivity index (χ4n) is 2.10. The standard InChI is InChI=1S/C18H21NO3/c1-14-5-3-4-6-15(14)11-12-19-18(20)13-22-17-9-7-16(21-2)8-10-17/h3-10H,11-13H2,1-2H3,(H,19,20). The smallest absolute Gasteiger partial charge is 0.257 e. The van der Waals surface area contributed by atoms with Crippen molar-refractivity contribution in [2.24, 2.45) is 0 Å². The molecule has 0 bridgehead atoms. The van der Waals surface area contributed by atoms with Crippen molar-refractivity contribution in [2.45, 2.75) is 13.3 Å². The lowest BCUT2D eigenvalue weighted by Gasteiger charge is -2.09. The van der Waals surface area contributed by atoms with Crippen molar-refractivity contribution in [2.75, 3.05) is 20.3 Å². The van der Waals surface area contributed by atoms with E-state index in [9.17, 15) is 4.79 Å². The van der Waals surface area contributed by atoms with Crippen LogP contribution in [0, 0.1) is 6.92 Å². The molecular weight excluding hydrogens is 278 g/mol. The zero-order valence-corrected chi connectivity index (χ0v) is 13.0. The topological polar surface area (TPSA) is 47.6 Å². The van der Waals surface area contributed by atoms with E-state index in [0.717, 1.165) is 12.2 Å². The van der Waals surface area contributed by atoms with Gasteiger partial charge in [-0.15, -0.1) is 0 Å². The van der Waals surface area contributed by atoms with E-state index in [1.54, 1.807) is 31.4 Å². The number of nitrogens with one attached hydrogen (secondary N) is 1. The first-order chi connectivity index (χ1) is 10.7. The molecule has 0 unspecified atom stereocenters. The molecule has 4 nitrogen and oxygen atoms in total. The van der Waals surface area contributed by atoms with Gasteiger partial charge in [-0.1, -0.05) is 24.3 Å². The summed E-state index contributed by atoms with van der Waals surface area (Å²) >= 11 is 0. The van der Waals surface area contributed by atoms with Crippen LogP contribution in [0.25, 0.3) is 0 Å². The zero-order valence-electron chi connectivity index (χ0n) is 13.0. The fraction of sp³-hybridized carbons (Fsp3) is 0.278. The summed E-state index contributed by atoms with van der Waals surface area (Å²) in [7, 11) is 1.61. The summed E-state index contributed by atoms with van der Waals surface area (Å²) in [6, 6.07) is 15.3. The van der Waals surface area contributed by atoms with Crippen LogP contribution in [-0.4, -0.2) is 26.2 Å². The maximum absolute atomic E-state index is 11.8. The molecule has 0 atom stereocenters.